The van der Waals surface area contributed by atoms with Gasteiger partial charge in [-0.15, -0.1) is 5.10 Å². The molecule has 0 bridgehead atoms. The van der Waals surface area contributed by atoms with Crippen LogP contribution in [-0.4, -0.2) is 58.2 Å². The van der Waals surface area contributed by atoms with Gasteiger partial charge in [0.15, 0.2) is 5.69 Å². The van der Waals surface area contributed by atoms with Gasteiger partial charge in [-0.2, -0.15) is 0 Å². The number of aromatic nitrogens is 3. The van der Waals surface area contributed by atoms with E-state index in [0.717, 1.165) is 31.8 Å². The number of ether oxygens (including phenoxy) is 2. The van der Waals surface area contributed by atoms with Gasteiger partial charge in [0.25, 0.3) is 5.91 Å². The van der Waals surface area contributed by atoms with E-state index < -0.39 is 0 Å². The maximum atomic E-state index is 12.7. The van der Waals surface area contributed by atoms with Crippen LogP contribution in [0, 0.1) is 5.41 Å². The van der Waals surface area contributed by atoms with Crippen molar-refractivity contribution in [1.29, 1.82) is 0 Å². The molecule has 144 valence electrons. The monoisotopic (exact) mass is 390 g/mol. The summed E-state index contributed by atoms with van der Waals surface area (Å²) >= 11 is 5.90. The second-order valence-electron chi connectivity index (χ2n) is 7.67. The predicted molar refractivity (Wildman–Crippen MR) is 100.0 cm³/mol. The summed E-state index contributed by atoms with van der Waals surface area (Å²) in [5.74, 6) is 0.738. The van der Waals surface area contributed by atoms with Crippen molar-refractivity contribution in [2.24, 2.45) is 5.41 Å². The Balaban J connectivity index is 1.29. The molecular weight excluding hydrogens is 368 g/mol. The Morgan fingerprint density at radius 3 is 2.63 bits per heavy atom. The number of benzene rings is 1. The molecular formula is C19H23ClN4O3. The van der Waals surface area contributed by atoms with E-state index in [1.165, 1.54) is 0 Å². The standard InChI is InChI=1S/C19H23ClN4O3/c1-19(12-26-13-19)11-24-10-17(21-22-24)18(25)23-8-6-16(7-9-23)27-15-4-2-14(20)3-5-15/h2-5,10,16H,6-9,11-13H2,1H3. The van der Waals surface area contributed by atoms with Crippen LogP contribution in [0.1, 0.15) is 30.3 Å². The molecule has 8 heteroatoms. The molecule has 1 amide bonds. The lowest BCUT2D eigenvalue weighted by Crippen LogP contribution is -2.43. The van der Waals surface area contributed by atoms with Gasteiger partial charge in [-0.05, 0) is 24.3 Å². The molecule has 0 unspecified atom stereocenters. The van der Waals surface area contributed by atoms with Gasteiger partial charge in [0.1, 0.15) is 11.9 Å². The number of likely N-dealkylation sites (tertiary alicyclic amines) is 1. The second-order valence-corrected chi connectivity index (χ2v) is 8.10. The summed E-state index contributed by atoms with van der Waals surface area (Å²) in [5.41, 5.74) is 0.488. The zero-order valence-electron chi connectivity index (χ0n) is 15.3. The van der Waals surface area contributed by atoms with Crippen LogP contribution in [0.15, 0.2) is 30.5 Å². The highest BCUT2D eigenvalue weighted by Gasteiger charge is 2.34. The molecule has 3 heterocycles. The minimum Gasteiger partial charge on any atom is -0.490 e. The fourth-order valence-electron chi connectivity index (χ4n) is 3.45. The van der Waals surface area contributed by atoms with Gasteiger partial charge in [-0.1, -0.05) is 23.7 Å². The topological polar surface area (TPSA) is 69.5 Å². The average molecular weight is 391 g/mol. The van der Waals surface area contributed by atoms with Crippen molar-refractivity contribution >= 4 is 17.5 Å². The van der Waals surface area contributed by atoms with Crippen LogP contribution in [-0.2, 0) is 11.3 Å². The van der Waals surface area contributed by atoms with Gasteiger partial charge in [-0.25, -0.2) is 0 Å². The summed E-state index contributed by atoms with van der Waals surface area (Å²) in [6.45, 7) is 5.59. The SMILES string of the molecule is CC1(Cn2cc(C(=O)N3CCC(Oc4ccc(Cl)cc4)CC3)nn2)COC1. The summed E-state index contributed by atoms with van der Waals surface area (Å²) in [5, 5.41) is 8.86. The van der Waals surface area contributed by atoms with E-state index in [-0.39, 0.29) is 17.4 Å². The molecule has 0 saturated carbocycles. The zero-order valence-corrected chi connectivity index (χ0v) is 16.1. The van der Waals surface area contributed by atoms with E-state index in [1.54, 1.807) is 10.9 Å². The maximum Gasteiger partial charge on any atom is 0.276 e. The molecule has 0 N–H and O–H groups in total. The number of carbonyl (C=O) groups excluding carboxylic acids is 1. The van der Waals surface area contributed by atoms with Crippen LogP contribution in [0.4, 0.5) is 0 Å². The molecule has 2 fully saturated rings. The fourth-order valence-corrected chi connectivity index (χ4v) is 3.58. The number of amides is 1. The van der Waals surface area contributed by atoms with Gasteiger partial charge < -0.3 is 14.4 Å². The molecule has 0 atom stereocenters. The Labute approximate surface area is 163 Å². The van der Waals surface area contributed by atoms with Crippen LogP contribution < -0.4 is 4.74 Å². The first kappa shape index (κ1) is 18.3. The van der Waals surface area contributed by atoms with Gasteiger partial charge in [-0.3, -0.25) is 9.48 Å². The van der Waals surface area contributed by atoms with Crippen molar-refractivity contribution in [3.8, 4) is 5.75 Å². The van der Waals surface area contributed by atoms with Crippen molar-refractivity contribution in [2.45, 2.75) is 32.4 Å². The molecule has 4 rings (SSSR count). The first-order valence-corrected chi connectivity index (χ1v) is 9.58. The Morgan fingerprint density at radius 2 is 2.00 bits per heavy atom. The van der Waals surface area contributed by atoms with Crippen molar-refractivity contribution in [3.05, 3.63) is 41.2 Å². The largest absolute Gasteiger partial charge is 0.490 e. The normalized spacial score (nSPS) is 19.6. The summed E-state index contributed by atoms with van der Waals surface area (Å²) in [7, 11) is 0. The van der Waals surface area contributed by atoms with Crippen LogP contribution in [0.25, 0.3) is 0 Å². The van der Waals surface area contributed by atoms with Gasteiger partial charge in [0.2, 0.25) is 0 Å². The van der Waals surface area contributed by atoms with E-state index in [4.69, 9.17) is 21.1 Å². The van der Waals surface area contributed by atoms with Gasteiger partial charge in [0, 0.05) is 36.4 Å². The molecule has 2 saturated heterocycles. The van der Waals surface area contributed by atoms with E-state index >= 15 is 0 Å². The predicted octanol–water partition coefficient (Wildman–Crippen LogP) is 2.65. The third-order valence-corrected chi connectivity index (χ3v) is 5.30. The number of rotatable bonds is 5. The summed E-state index contributed by atoms with van der Waals surface area (Å²) in [6, 6.07) is 7.36. The molecule has 0 radical (unpaired) electrons. The Hall–Kier alpha value is -2.12. The number of piperidine rings is 1. The Morgan fingerprint density at radius 1 is 1.30 bits per heavy atom. The Bertz CT molecular complexity index is 796. The van der Waals surface area contributed by atoms with Crippen molar-refractivity contribution in [2.75, 3.05) is 26.3 Å². The number of hydrogen-bond donors (Lipinski definition) is 0. The Kier molecular flexibility index (Phi) is 5.06. The van der Waals surface area contributed by atoms with E-state index in [9.17, 15) is 4.79 Å². The molecule has 2 aliphatic rings. The molecule has 0 aliphatic carbocycles. The highest BCUT2D eigenvalue weighted by molar-refractivity contribution is 6.30. The van der Waals surface area contributed by atoms with E-state index in [2.05, 4.69) is 17.2 Å². The van der Waals surface area contributed by atoms with Crippen LogP contribution in [0.2, 0.25) is 5.02 Å². The zero-order chi connectivity index (χ0) is 18.9. The summed E-state index contributed by atoms with van der Waals surface area (Å²) in [4.78, 5) is 14.5. The smallest absolute Gasteiger partial charge is 0.276 e. The quantitative estimate of drug-likeness (QED) is 0.785. The first-order valence-electron chi connectivity index (χ1n) is 9.20. The van der Waals surface area contributed by atoms with Gasteiger partial charge in [0.05, 0.1) is 26.0 Å². The molecule has 1 aromatic carbocycles. The molecule has 7 nitrogen and oxygen atoms in total. The lowest BCUT2D eigenvalue weighted by atomic mass is 9.89. The maximum absolute atomic E-state index is 12.7. The number of halogens is 1. The minimum absolute atomic E-state index is 0.0683. The van der Waals surface area contributed by atoms with Crippen molar-refractivity contribution in [3.63, 3.8) is 0 Å². The van der Waals surface area contributed by atoms with E-state index in [0.29, 0.717) is 30.4 Å². The fraction of sp³-hybridized carbons (Fsp3) is 0.526. The lowest BCUT2D eigenvalue weighted by Gasteiger charge is -2.37. The minimum atomic E-state index is -0.0683. The molecule has 27 heavy (non-hydrogen) atoms. The highest BCUT2D eigenvalue weighted by Crippen LogP contribution is 2.28. The van der Waals surface area contributed by atoms with Crippen LogP contribution in [0.5, 0.6) is 5.75 Å². The number of nitrogens with zero attached hydrogens (tertiary/aromatic N) is 4. The van der Waals surface area contributed by atoms with Crippen LogP contribution in [0.3, 0.4) is 0 Å². The summed E-state index contributed by atoms with van der Waals surface area (Å²) < 4.78 is 13.0. The van der Waals surface area contributed by atoms with Crippen molar-refractivity contribution in [1.82, 2.24) is 19.9 Å². The van der Waals surface area contributed by atoms with Crippen molar-refractivity contribution < 1.29 is 14.3 Å². The van der Waals surface area contributed by atoms with Gasteiger partial charge >= 0.3 is 0 Å². The second kappa shape index (κ2) is 7.48. The number of carbonyl (C=O) groups is 1. The van der Waals surface area contributed by atoms with Crippen LogP contribution >= 0.6 is 11.6 Å². The molecule has 0 spiro atoms. The molecule has 2 aromatic rings. The first-order chi connectivity index (χ1) is 13.0. The summed E-state index contributed by atoms with van der Waals surface area (Å²) in [6.07, 6.45) is 3.42. The van der Waals surface area contributed by atoms with E-state index in [1.807, 2.05) is 29.2 Å². The average Bonchev–Trinajstić information content (AvgIpc) is 3.11. The third kappa shape index (κ3) is 4.25. The number of hydrogen-bond acceptors (Lipinski definition) is 5. The lowest BCUT2D eigenvalue weighted by molar-refractivity contribution is -0.111. The molecule has 2 aliphatic heterocycles. The molecule has 1 aromatic heterocycles. The third-order valence-electron chi connectivity index (χ3n) is 5.05. The highest BCUT2D eigenvalue weighted by atomic mass is 35.5.